The van der Waals surface area contributed by atoms with E-state index in [1.807, 2.05) is 31.2 Å². The first-order valence-electron chi connectivity index (χ1n) is 6.23. The summed E-state index contributed by atoms with van der Waals surface area (Å²) in [6.45, 7) is 2.01. The Morgan fingerprint density at radius 1 is 1.10 bits per heavy atom. The molecule has 0 spiro atoms. The molecule has 3 nitrogen and oxygen atoms in total. The normalized spacial score (nSPS) is 10.1. The second-order valence-electron chi connectivity index (χ2n) is 4.64. The van der Waals surface area contributed by atoms with Gasteiger partial charge in [0.15, 0.2) is 0 Å². The second-order valence-corrected chi connectivity index (χ2v) is 5.08. The molecule has 0 aliphatic carbocycles. The number of carbonyl (C=O) groups is 1. The van der Waals surface area contributed by atoms with Crippen molar-refractivity contribution in [3.8, 4) is 0 Å². The summed E-state index contributed by atoms with van der Waals surface area (Å²) >= 11 is 4.93. The quantitative estimate of drug-likeness (QED) is 0.882. The number of nitrogens with zero attached hydrogens (tertiary/aromatic N) is 1. The molecule has 0 saturated carbocycles. The highest BCUT2D eigenvalue weighted by Gasteiger charge is 2.14. The second kappa shape index (κ2) is 5.84. The largest absolute Gasteiger partial charge is 0.389 e. The number of carbonyl (C=O) groups excluding carboxylic acids is 1. The van der Waals surface area contributed by atoms with Crippen molar-refractivity contribution in [3.63, 3.8) is 0 Å². The summed E-state index contributed by atoms with van der Waals surface area (Å²) in [6.07, 6.45) is 0. The van der Waals surface area contributed by atoms with Crippen LogP contribution in [0.15, 0.2) is 48.5 Å². The molecular weight excluding hydrogens is 268 g/mol. The topological polar surface area (TPSA) is 46.3 Å². The molecule has 20 heavy (non-hydrogen) atoms. The van der Waals surface area contributed by atoms with E-state index in [2.05, 4.69) is 0 Å². The molecule has 0 radical (unpaired) electrons. The summed E-state index contributed by atoms with van der Waals surface area (Å²) < 4.78 is 0. The molecule has 2 aromatic carbocycles. The third-order valence-electron chi connectivity index (χ3n) is 3.12. The number of benzene rings is 2. The summed E-state index contributed by atoms with van der Waals surface area (Å²) in [5.74, 6) is -0.0908. The molecule has 0 aromatic heterocycles. The summed E-state index contributed by atoms with van der Waals surface area (Å²) in [4.78, 5) is 14.3. The fourth-order valence-electron chi connectivity index (χ4n) is 1.88. The van der Waals surface area contributed by atoms with E-state index in [1.165, 1.54) is 0 Å². The zero-order valence-electron chi connectivity index (χ0n) is 11.5. The third kappa shape index (κ3) is 3.03. The van der Waals surface area contributed by atoms with Crippen molar-refractivity contribution < 1.29 is 4.79 Å². The molecule has 2 aromatic rings. The van der Waals surface area contributed by atoms with Gasteiger partial charge in [-0.1, -0.05) is 42.0 Å². The van der Waals surface area contributed by atoms with Gasteiger partial charge in [0.05, 0.1) is 0 Å². The first-order chi connectivity index (χ1) is 9.49. The SMILES string of the molecule is Cc1ccc(N(C)C(=O)c2cccc(C(N)=S)c2)cc1. The van der Waals surface area contributed by atoms with Crippen molar-refractivity contribution in [1.29, 1.82) is 0 Å². The Bertz CT molecular complexity index is 650. The van der Waals surface area contributed by atoms with Crippen molar-refractivity contribution in [1.82, 2.24) is 0 Å². The van der Waals surface area contributed by atoms with E-state index in [4.69, 9.17) is 18.0 Å². The Kier molecular flexibility index (Phi) is 4.15. The number of nitrogens with two attached hydrogens (primary N) is 1. The van der Waals surface area contributed by atoms with E-state index < -0.39 is 0 Å². The lowest BCUT2D eigenvalue weighted by Crippen LogP contribution is -2.26. The maximum atomic E-state index is 12.4. The van der Waals surface area contributed by atoms with Crippen LogP contribution in [0.4, 0.5) is 5.69 Å². The van der Waals surface area contributed by atoms with Gasteiger partial charge in [-0.15, -0.1) is 0 Å². The Hall–Kier alpha value is -2.20. The van der Waals surface area contributed by atoms with Crippen molar-refractivity contribution in [2.75, 3.05) is 11.9 Å². The number of hydrogen-bond acceptors (Lipinski definition) is 2. The molecule has 0 unspecified atom stereocenters. The molecule has 4 heteroatoms. The van der Waals surface area contributed by atoms with E-state index >= 15 is 0 Å². The Morgan fingerprint density at radius 2 is 1.70 bits per heavy atom. The first-order valence-corrected chi connectivity index (χ1v) is 6.64. The molecule has 1 amide bonds. The van der Waals surface area contributed by atoms with E-state index in [9.17, 15) is 4.79 Å². The highest BCUT2D eigenvalue weighted by Crippen LogP contribution is 2.17. The predicted octanol–water partition coefficient (Wildman–Crippen LogP) is 2.91. The van der Waals surface area contributed by atoms with Crippen molar-refractivity contribution in [2.24, 2.45) is 5.73 Å². The van der Waals surface area contributed by atoms with Gasteiger partial charge in [0.2, 0.25) is 0 Å². The van der Waals surface area contributed by atoms with Gasteiger partial charge in [0.1, 0.15) is 4.99 Å². The first kappa shape index (κ1) is 14.2. The average Bonchev–Trinajstić information content (AvgIpc) is 2.46. The van der Waals surface area contributed by atoms with E-state index in [0.717, 1.165) is 11.3 Å². The van der Waals surface area contributed by atoms with Gasteiger partial charge < -0.3 is 10.6 Å². The van der Waals surface area contributed by atoms with Gasteiger partial charge in [-0.25, -0.2) is 0 Å². The zero-order chi connectivity index (χ0) is 14.7. The standard InChI is InChI=1S/C16H16N2OS/c1-11-6-8-14(9-7-11)18(2)16(19)13-5-3-4-12(10-13)15(17)20/h3-10H,1-2H3,(H2,17,20). The van der Waals surface area contributed by atoms with Crippen LogP contribution in [0.25, 0.3) is 0 Å². The highest BCUT2D eigenvalue weighted by molar-refractivity contribution is 7.80. The predicted molar refractivity (Wildman–Crippen MR) is 86.2 cm³/mol. The van der Waals surface area contributed by atoms with Crippen LogP contribution in [0.5, 0.6) is 0 Å². The highest BCUT2D eigenvalue weighted by atomic mass is 32.1. The minimum absolute atomic E-state index is 0.0908. The number of anilines is 1. The number of amides is 1. The number of thiocarbonyl (C=S) groups is 1. The van der Waals surface area contributed by atoms with Gasteiger partial charge in [-0.3, -0.25) is 4.79 Å². The Balaban J connectivity index is 2.28. The van der Waals surface area contributed by atoms with Gasteiger partial charge in [-0.2, -0.15) is 0 Å². The van der Waals surface area contributed by atoms with E-state index in [-0.39, 0.29) is 10.9 Å². The van der Waals surface area contributed by atoms with Gasteiger partial charge in [0, 0.05) is 23.9 Å². The maximum Gasteiger partial charge on any atom is 0.258 e. The lowest BCUT2D eigenvalue weighted by atomic mass is 10.1. The minimum atomic E-state index is -0.0908. The van der Waals surface area contributed by atoms with Crippen LogP contribution in [-0.2, 0) is 0 Å². The van der Waals surface area contributed by atoms with Gasteiger partial charge in [0.25, 0.3) is 5.91 Å². The van der Waals surface area contributed by atoms with Crippen molar-refractivity contribution in [2.45, 2.75) is 6.92 Å². The van der Waals surface area contributed by atoms with Crippen LogP contribution in [0.1, 0.15) is 21.5 Å². The summed E-state index contributed by atoms with van der Waals surface area (Å²) in [6, 6.07) is 14.9. The Morgan fingerprint density at radius 3 is 2.30 bits per heavy atom. The molecule has 2 N–H and O–H groups in total. The molecule has 0 heterocycles. The van der Waals surface area contributed by atoms with Gasteiger partial charge >= 0.3 is 0 Å². The van der Waals surface area contributed by atoms with E-state index in [0.29, 0.717) is 11.1 Å². The molecule has 0 aliphatic rings. The van der Waals surface area contributed by atoms with Crippen molar-refractivity contribution >= 4 is 28.8 Å². The molecule has 2 rings (SSSR count). The lowest BCUT2D eigenvalue weighted by molar-refractivity contribution is 0.0993. The van der Waals surface area contributed by atoms with Crippen LogP contribution < -0.4 is 10.6 Å². The maximum absolute atomic E-state index is 12.4. The molecule has 0 aliphatic heterocycles. The smallest absolute Gasteiger partial charge is 0.258 e. The zero-order valence-corrected chi connectivity index (χ0v) is 12.3. The van der Waals surface area contributed by atoms with Crippen LogP contribution in [-0.4, -0.2) is 17.9 Å². The molecular formula is C16H16N2OS. The fourth-order valence-corrected chi connectivity index (χ4v) is 2.01. The third-order valence-corrected chi connectivity index (χ3v) is 3.36. The number of rotatable bonds is 3. The van der Waals surface area contributed by atoms with Crippen molar-refractivity contribution in [3.05, 3.63) is 65.2 Å². The molecule has 0 fully saturated rings. The van der Waals surface area contributed by atoms with Crippen LogP contribution >= 0.6 is 12.2 Å². The Labute approximate surface area is 124 Å². The average molecular weight is 284 g/mol. The summed E-state index contributed by atoms with van der Waals surface area (Å²) in [5, 5.41) is 0. The van der Waals surface area contributed by atoms with Gasteiger partial charge in [-0.05, 0) is 31.2 Å². The fraction of sp³-hybridized carbons (Fsp3) is 0.125. The number of hydrogen-bond donors (Lipinski definition) is 1. The minimum Gasteiger partial charge on any atom is -0.389 e. The van der Waals surface area contributed by atoms with E-state index in [1.54, 1.807) is 36.2 Å². The lowest BCUT2D eigenvalue weighted by Gasteiger charge is -2.18. The number of aryl methyl sites for hydroxylation is 1. The monoisotopic (exact) mass is 284 g/mol. The van der Waals surface area contributed by atoms with Crippen LogP contribution in [0.2, 0.25) is 0 Å². The summed E-state index contributed by atoms with van der Waals surface area (Å²) in [5.41, 5.74) is 8.86. The molecule has 0 bridgehead atoms. The summed E-state index contributed by atoms with van der Waals surface area (Å²) in [7, 11) is 1.75. The van der Waals surface area contributed by atoms with Crippen LogP contribution in [0, 0.1) is 6.92 Å². The molecule has 102 valence electrons. The van der Waals surface area contributed by atoms with Crippen LogP contribution in [0.3, 0.4) is 0 Å². The molecule has 0 atom stereocenters. The molecule has 0 saturated heterocycles.